The maximum absolute atomic E-state index is 12.8. The van der Waals surface area contributed by atoms with Crippen molar-refractivity contribution in [3.63, 3.8) is 0 Å². The molecule has 0 fully saturated rings. The molecule has 0 aliphatic rings. The number of amides is 1. The number of nitrogens with zero attached hydrogens (tertiary/aromatic N) is 2. The summed E-state index contributed by atoms with van der Waals surface area (Å²) in [7, 11) is 0. The summed E-state index contributed by atoms with van der Waals surface area (Å²) in [5.41, 5.74) is 0. The number of hydrogen-bond donors (Lipinski definition) is 1. The van der Waals surface area contributed by atoms with E-state index in [1.165, 1.54) is 6.07 Å². The molecule has 1 heterocycles. The lowest BCUT2D eigenvalue weighted by atomic mass is 10.3. The van der Waals surface area contributed by atoms with Crippen molar-refractivity contribution in [3.05, 3.63) is 34.9 Å². The zero-order chi connectivity index (χ0) is 16.3. The molecule has 1 aromatic heterocycles. The minimum absolute atomic E-state index is 0.0275. The number of carbonyl (C=O) groups excluding carboxylic acids is 1. The second-order valence-corrected chi connectivity index (χ2v) is 4.23. The van der Waals surface area contributed by atoms with Crippen molar-refractivity contribution in [2.45, 2.75) is 6.18 Å². The Morgan fingerprint density at radius 1 is 1.36 bits per heavy atom. The molecule has 0 saturated carbocycles. The van der Waals surface area contributed by atoms with Crippen molar-refractivity contribution >= 4 is 23.5 Å². The standard InChI is InChI=1S/C11H6ClF4N3O3/c12-6-3-5(13)1-2-7(6)21-4-8(20)17-10-19-18-9(22-10)11(14,15)16/h1-3H,4H2,(H,17,19,20). The van der Waals surface area contributed by atoms with Gasteiger partial charge in [-0.15, -0.1) is 5.10 Å². The molecule has 11 heteroatoms. The number of nitrogens with one attached hydrogen (secondary N) is 1. The summed E-state index contributed by atoms with van der Waals surface area (Å²) in [6.45, 7) is -0.602. The van der Waals surface area contributed by atoms with Gasteiger partial charge in [0.05, 0.1) is 5.02 Å². The van der Waals surface area contributed by atoms with Gasteiger partial charge < -0.3 is 9.15 Å². The Hall–Kier alpha value is -2.36. The Kier molecular flexibility index (Phi) is 4.50. The number of anilines is 1. The Morgan fingerprint density at radius 3 is 2.68 bits per heavy atom. The summed E-state index contributed by atoms with van der Waals surface area (Å²) in [4.78, 5) is 11.5. The zero-order valence-corrected chi connectivity index (χ0v) is 11.2. The predicted molar refractivity (Wildman–Crippen MR) is 64.8 cm³/mol. The van der Waals surface area contributed by atoms with Crippen molar-refractivity contribution in [2.24, 2.45) is 0 Å². The summed E-state index contributed by atoms with van der Waals surface area (Å²) < 4.78 is 58.6. The highest BCUT2D eigenvalue weighted by atomic mass is 35.5. The van der Waals surface area contributed by atoms with Crippen LogP contribution in [0.5, 0.6) is 5.75 Å². The SMILES string of the molecule is O=C(COc1ccc(F)cc1Cl)Nc1nnc(C(F)(F)F)o1. The number of carbonyl (C=O) groups is 1. The van der Waals surface area contributed by atoms with Crippen LogP contribution in [-0.4, -0.2) is 22.7 Å². The van der Waals surface area contributed by atoms with Gasteiger partial charge in [0.1, 0.15) is 11.6 Å². The third kappa shape index (κ3) is 4.07. The first kappa shape index (κ1) is 16.0. The molecule has 2 rings (SSSR count). The number of benzene rings is 1. The van der Waals surface area contributed by atoms with E-state index in [9.17, 15) is 22.4 Å². The van der Waals surface area contributed by atoms with Gasteiger partial charge in [0.15, 0.2) is 6.61 Å². The fraction of sp³-hybridized carbons (Fsp3) is 0.182. The maximum atomic E-state index is 12.8. The average molecular weight is 340 g/mol. The van der Waals surface area contributed by atoms with E-state index >= 15 is 0 Å². The van der Waals surface area contributed by atoms with Gasteiger partial charge in [-0.05, 0) is 18.2 Å². The Bertz CT molecular complexity index is 689. The number of halogens is 5. The molecule has 22 heavy (non-hydrogen) atoms. The summed E-state index contributed by atoms with van der Waals surface area (Å²) in [6, 6.07) is 2.50. The van der Waals surface area contributed by atoms with Gasteiger partial charge in [0.2, 0.25) is 0 Å². The van der Waals surface area contributed by atoms with Crippen LogP contribution in [0, 0.1) is 5.82 Å². The fourth-order valence-electron chi connectivity index (χ4n) is 1.28. The summed E-state index contributed by atoms with van der Waals surface area (Å²) in [5, 5.41) is 7.58. The lowest BCUT2D eigenvalue weighted by Crippen LogP contribution is -2.20. The third-order valence-electron chi connectivity index (χ3n) is 2.17. The summed E-state index contributed by atoms with van der Waals surface area (Å²) in [5.74, 6) is -3.02. The van der Waals surface area contributed by atoms with E-state index in [2.05, 4.69) is 14.6 Å². The summed E-state index contributed by atoms with van der Waals surface area (Å²) >= 11 is 5.66. The fourth-order valence-corrected chi connectivity index (χ4v) is 1.50. The van der Waals surface area contributed by atoms with Crippen molar-refractivity contribution < 1.29 is 31.5 Å². The van der Waals surface area contributed by atoms with Crippen molar-refractivity contribution in [1.29, 1.82) is 0 Å². The summed E-state index contributed by atoms with van der Waals surface area (Å²) in [6.07, 6.45) is -4.81. The van der Waals surface area contributed by atoms with Gasteiger partial charge in [-0.25, -0.2) is 4.39 Å². The lowest BCUT2D eigenvalue weighted by molar-refractivity contribution is -0.157. The normalized spacial score (nSPS) is 11.3. The molecule has 0 spiro atoms. The predicted octanol–water partition coefficient (Wildman–Crippen LogP) is 2.90. The number of ether oxygens (including phenoxy) is 1. The van der Waals surface area contributed by atoms with Gasteiger partial charge in [0.25, 0.3) is 5.91 Å². The van der Waals surface area contributed by atoms with E-state index in [1.807, 2.05) is 5.32 Å². The van der Waals surface area contributed by atoms with Crippen LogP contribution in [0.15, 0.2) is 22.6 Å². The van der Waals surface area contributed by atoms with Crippen LogP contribution in [0.3, 0.4) is 0 Å². The van der Waals surface area contributed by atoms with Crippen molar-refractivity contribution in [1.82, 2.24) is 10.2 Å². The minimum atomic E-state index is -4.81. The quantitative estimate of drug-likeness (QED) is 0.867. The highest BCUT2D eigenvalue weighted by molar-refractivity contribution is 6.32. The largest absolute Gasteiger partial charge is 0.482 e. The highest BCUT2D eigenvalue weighted by Gasteiger charge is 2.38. The second kappa shape index (κ2) is 6.18. The van der Waals surface area contributed by atoms with E-state index < -0.39 is 36.4 Å². The number of alkyl halides is 3. The molecular weight excluding hydrogens is 334 g/mol. The average Bonchev–Trinajstić information content (AvgIpc) is 2.86. The van der Waals surface area contributed by atoms with Crippen LogP contribution in [0.4, 0.5) is 23.6 Å². The van der Waals surface area contributed by atoms with E-state index in [0.717, 1.165) is 12.1 Å². The molecule has 0 radical (unpaired) electrons. The Balaban J connectivity index is 1.92. The molecule has 118 valence electrons. The van der Waals surface area contributed by atoms with Crippen molar-refractivity contribution in [2.75, 3.05) is 11.9 Å². The van der Waals surface area contributed by atoms with Gasteiger partial charge in [-0.1, -0.05) is 16.7 Å². The molecule has 0 bridgehead atoms. The Labute approximate surface area is 125 Å². The molecule has 0 unspecified atom stereocenters. The second-order valence-electron chi connectivity index (χ2n) is 3.82. The number of aromatic nitrogens is 2. The molecule has 0 aliphatic heterocycles. The maximum Gasteiger partial charge on any atom is 0.470 e. The van der Waals surface area contributed by atoms with Crippen LogP contribution < -0.4 is 10.1 Å². The van der Waals surface area contributed by atoms with Crippen molar-refractivity contribution in [3.8, 4) is 5.75 Å². The first-order valence-corrected chi connectivity index (χ1v) is 5.92. The van der Waals surface area contributed by atoms with Crippen LogP contribution in [0.25, 0.3) is 0 Å². The molecule has 1 aromatic carbocycles. The lowest BCUT2D eigenvalue weighted by Gasteiger charge is -2.07. The monoisotopic (exact) mass is 339 g/mol. The van der Waals surface area contributed by atoms with Crippen LogP contribution >= 0.6 is 11.6 Å². The molecule has 1 amide bonds. The molecule has 0 atom stereocenters. The zero-order valence-electron chi connectivity index (χ0n) is 10.4. The minimum Gasteiger partial charge on any atom is -0.482 e. The molecule has 2 aromatic rings. The smallest absolute Gasteiger partial charge is 0.470 e. The van der Waals surface area contributed by atoms with Gasteiger partial charge >= 0.3 is 18.1 Å². The molecule has 1 N–H and O–H groups in total. The highest BCUT2D eigenvalue weighted by Crippen LogP contribution is 2.28. The van der Waals surface area contributed by atoms with Crippen LogP contribution in [0.2, 0.25) is 5.02 Å². The first-order valence-electron chi connectivity index (χ1n) is 5.54. The third-order valence-corrected chi connectivity index (χ3v) is 2.46. The molecular formula is C11H6ClF4N3O3. The Morgan fingerprint density at radius 2 is 2.09 bits per heavy atom. The van der Waals surface area contributed by atoms with Gasteiger partial charge in [-0.3, -0.25) is 10.1 Å². The number of rotatable bonds is 4. The van der Waals surface area contributed by atoms with Gasteiger partial charge in [-0.2, -0.15) is 13.2 Å². The van der Waals surface area contributed by atoms with E-state index in [4.69, 9.17) is 16.3 Å². The van der Waals surface area contributed by atoms with Gasteiger partial charge in [0, 0.05) is 0 Å². The van der Waals surface area contributed by atoms with E-state index in [1.54, 1.807) is 0 Å². The molecule has 6 nitrogen and oxygen atoms in total. The topological polar surface area (TPSA) is 77.2 Å². The van der Waals surface area contributed by atoms with Crippen LogP contribution in [-0.2, 0) is 11.0 Å². The van der Waals surface area contributed by atoms with E-state index in [-0.39, 0.29) is 10.8 Å². The van der Waals surface area contributed by atoms with Crippen LogP contribution in [0.1, 0.15) is 5.89 Å². The van der Waals surface area contributed by atoms with E-state index in [0.29, 0.717) is 0 Å². The molecule has 0 saturated heterocycles. The molecule has 0 aliphatic carbocycles. The first-order chi connectivity index (χ1) is 10.3. The number of hydrogen-bond acceptors (Lipinski definition) is 5.